The molecule has 0 saturated carbocycles. The highest BCUT2D eigenvalue weighted by molar-refractivity contribution is 5.93. The third kappa shape index (κ3) is 5.19. The van der Waals surface area contributed by atoms with E-state index in [9.17, 15) is 4.79 Å². The summed E-state index contributed by atoms with van der Waals surface area (Å²) in [4.78, 5) is 17.0. The summed E-state index contributed by atoms with van der Waals surface area (Å²) in [6.07, 6.45) is 11.0. The van der Waals surface area contributed by atoms with Crippen LogP contribution in [-0.4, -0.2) is 21.8 Å². The summed E-state index contributed by atoms with van der Waals surface area (Å²) in [6, 6.07) is 16.1. The zero-order chi connectivity index (χ0) is 18.9. The molecule has 0 spiro atoms. The Kier molecular flexibility index (Phi) is 7.03. The van der Waals surface area contributed by atoms with Crippen molar-refractivity contribution in [2.45, 2.75) is 51.4 Å². The lowest BCUT2D eigenvalue weighted by atomic mass is 9.92. The summed E-state index contributed by atoms with van der Waals surface area (Å²) in [5.74, 6) is 0.296. The van der Waals surface area contributed by atoms with Crippen molar-refractivity contribution in [2.75, 3.05) is 6.54 Å². The van der Waals surface area contributed by atoms with E-state index < -0.39 is 0 Å². The van der Waals surface area contributed by atoms with Gasteiger partial charge in [0.25, 0.3) is 5.91 Å². The van der Waals surface area contributed by atoms with Gasteiger partial charge in [0.15, 0.2) is 0 Å². The van der Waals surface area contributed by atoms with E-state index in [1.54, 1.807) is 6.20 Å². The number of carbonyl (C=O) groups is 1. The number of imidazole rings is 1. The number of hydrogen-bond acceptors (Lipinski definition) is 2. The summed E-state index contributed by atoms with van der Waals surface area (Å²) in [5, 5.41) is 3.14. The molecule has 27 heavy (non-hydrogen) atoms. The highest BCUT2D eigenvalue weighted by Gasteiger charge is 2.15. The minimum atomic E-state index is -0.0504. The maximum absolute atomic E-state index is 12.7. The molecule has 1 amide bonds. The van der Waals surface area contributed by atoms with Crippen molar-refractivity contribution >= 4 is 11.6 Å². The van der Waals surface area contributed by atoms with Gasteiger partial charge in [0, 0.05) is 24.9 Å². The molecule has 3 aromatic rings. The Morgan fingerprint density at radius 1 is 1.04 bits per heavy atom. The number of benzene rings is 1. The lowest BCUT2D eigenvalue weighted by Crippen LogP contribution is -2.29. The lowest BCUT2D eigenvalue weighted by molar-refractivity contribution is 0.0944. The van der Waals surface area contributed by atoms with Crippen LogP contribution in [0.1, 0.15) is 67.4 Å². The van der Waals surface area contributed by atoms with Crippen LogP contribution in [0.5, 0.6) is 0 Å². The number of pyridine rings is 1. The monoisotopic (exact) mass is 363 g/mol. The molecule has 0 radical (unpaired) electrons. The predicted octanol–water partition coefficient (Wildman–Crippen LogP) is 5.21. The second-order valence-electron chi connectivity index (χ2n) is 7.09. The van der Waals surface area contributed by atoms with E-state index in [1.165, 1.54) is 37.7 Å². The molecule has 0 aliphatic rings. The molecule has 1 aromatic carbocycles. The molecular weight excluding hydrogens is 334 g/mol. The van der Waals surface area contributed by atoms with Gasteiger partial charge in [-0.2, -0.15) is 0 Å². The van der Waals surface area contributed by atoms with E-state index in [4.69, 9.17) is 0 Å². The topological polar surface area (TPSA) is 46.4 Å². The minimum Gasteiger partial charge on any atom is -0.350 e. The summed E-state index contributed by atoms with van der Waals surface area (Å²) in [7, 11) is 0. The van der Waals surface area contributed by atoms with Crippen molar-refractivity contribution < 1.29 is 4.79 Å². The number of nitrogens with zero attached hydrogens (tertiary/aromatic N) is 2. The maximum Gasteiger partial charge on any atom is 0.268 e. The second-order valence-corrected chi connectivity index (χ2v) is 7.09. The number of rotatable bonds is 10. The Morgan fingerprint density at radius 3 is 2.67 bits per heavy atom. The van der Waals surface area contributed by atoms with Gasteiger partial charge in [-0.3, -0.25) is 9.20 Å². The molecular formula is C23H29N3O. The normalized spacial score (nSPS) is 12.2. The van der Waals surface area contributed by atoms with Gasteiger partial charge < -0.3 is 5.32 Å². The molecule has 1 N–H and O–H groups in total. The molecule has 0 aliphatic heterocycles. The van der Waals surface area contributed by atoms with Crippen LogP contribution in [0.3, 0.4) is 0 Å². The number of aromatic nitrogens is 2. The summed E-state index contributed by atoms with van der Waals surface area (Å²) >= 11 is 0. The van der Waals surface area contributed by atoms with Gasteiger partial charge in [0.05, 0.1) is 0 Å². The van der Waals surface area contributed by atoms with E-state index in [-0.39, 0.29) is 5.91 Å². The third-order valence-corrected chi connectivity index (χ3v) is 5.10. The van der Waals surface area contributed by atoms with Crippen LogP contribution in [0.25, 0.3) is 5.65 Å². The van der Waals surface area contributed by atoms with E-state index in [2.05, 4.69) is 41.5 Å². The molecule has 2 aromatic heterocycles. The fourth-order valence-electron chi connectivity index (χ4n) is 3.55. The Balaban J connectivity index is 1.63. The number of nitrogens with one attached hydrogen (secondary N) is 1. The predicted molar refractivity (Wildman–Crippen MR) is 110 cm³/mol. The number of amides is 1. The van der Waals surface area contributed by atoms with Gasteiger partial charge in [0.1, 0.15) is 11.3 Å². The molecule has 0 aliphatic carbocycles. The first-order valence-electron chi connectivity index (χ1n) is 10.0. The van der Waals surface area contributed by atoms with Crippen molar-refractivity contribution in [3.8, 4) is 0 Å². The van der Waals surface area contributed by atoms with Crippen molar-refractivity contribution in [3.63, 3.8) is 0 Å². The van der Waals surface area contributed by atoms with Gasteiger partial charge >= 0.3 is 0 Å². The zero-order valence-corrected chi connectivity index (χ0v) is 16.1. The van der Waals surface area contributed by atoms with Crippen molar-refractivity contribution in [1.82, 2.24) is 14.7 Å². The van der Waals surface area contributed by atoms with Gasteiger partial charge in [-0.05, 0) is 24.1 Å². The SMILES string of the molecule is CCCCCCCC(CNC(=O)c1cccc2nccn12)c1ccccc1. The van der Waals surface area contributed by atoms with E-state index in [0.717, 1.165) is 12.1 Å². The first-order valence-corrected chi connectivity index (χ1v) is 10.0. The van der Waals surface area contributed by atoms with Gasteiger partial charge in [0.2, 0.25) is 0 Å². The Labute approximate surface area is 161 Å². The molecule has 4 nitrogen and oxygen atoms in total. The average Bonchev–Trinajstić information content (AvgIpc) is 3.19. The molecule has 4 heteroatoms. The molecule has 0 fully saturated rings. The van der Waals surface area contributed by atoms with Crippen LogP contribution in [0.2, 0.25) is 0 Å². The first kappa shape index (κ1) is 19.2. The Morgan fingerprint density at radius 2 is 1.85 bits per heavy atom. The second kappa shape index (κ2) is 9.91. The number of hydrogen-bond donors (Lipinski definition) is 1. The quantitative estimate of drug-likeness (QED) is 0.503. The third-order valence-electron chi connectivity index (χ3n) is 5.10. The van der Waals surface area contributed by atoms with Gasteiger partial charge in [-0.15, -0.1) is 0 Å². The van der Waals surface area contributed by atoms with Crippen LogP contribution < -0.4 is 5.32 Å². The van der Waals surface area contributed by atoms with Crippen molar-refractivity contribution in [2.24, 2.45) is 0 Å². The Hall–Kier alpha value is -2.62. The molecule has 0 bridgehead atoms. The summed E-state index contributed by atoms with van der Waals surface area (Å²) in [5.41, 5.74) is 2.71. The number of carbonyl (C=O) groups excluding carboxylic acids is 1. The molecule has 1 atom stereocenters. The fraction of sp³-hybridized carbons (Fsp3) is 0.391. The maximum atomic E-state index is 12.7. The largest absolute Gasteiger partial charge is 0.350 e. The highest BCUT2D eigenvalue weighted by Crippen LogP contribution is 2.22. The van der Waals surface area contributed by atoms with Crippen molar-refractivity contribution in [3.05, 3.63) is 72.2 Å². The van der Waals surface area contributed by atoms with Crippen LogP contribution in [0.15, 0.2) is 60.9 Å². The number of unbranched alkanes of at least 4 members (excludes halogenated alkanes) is 4. The highest BCUT2D eigenvalue weighted by atomic mass is 16.1. The smallest absolute Gasteiger partial charge is 0.268 e. The lowest BCUT2D eigenvalue weighted by Gasteiger charge is -2.18. The molecule has 2 heterocycles. The minimum absolute atomic E-state index is 0.0504. The molecule has 0 saturated heterocycles. The fourth-order valence-corrected chi connectivity index (χ4v) is 3.55. The van der Waals surface area contributed by atoms with Crippen LogP contribution in [0, 0.1) is 0 Å². The van der Waals surface area contributed by atoms with Crippen LogP contribution in [0.4, 0.5) is 0 Å². The summed E-state index contributed by atoms with van der Waals surface area (Å²) in [6.45, 7) is 2.89. The molecule has 1 unspecified atom stereocenters. The van der Waals surface area contributed by atoms with Crippen molar-refractivity contribution in [1.29, 1.82) is 0 Å². The van der Waals surface area contributed by atoms with Gasteiger partial charge in [-0.1, -0.05) is 75.4 Å². The van der Waals surface area contributed by atoms with Crippen LogP contribution >= 0.6 is 0 Å². The van der Waals surface area contributed by atoms with E-state index >= 15 is 0 Å². The average molecular weight is 364 g/mol. The molecule has 142 valence electrons. The molecule has 3 rings (SSSR count). The zero-order valence-electron chi connectivity index (χ0n) is 16.1. The van der Waals surface area contributed by atoms with E-state index in [0.29, 0.717) is 18.2 Å². The standard InChI is InChI=1S/C23H29N3O/c1-2-3-4-5-7-13-20(19-11-8-6-9-12-19)18-25-23(27)21-14-10-15-22-24-16-17-26(21)22/h6,8-12,14-17,20H,2-5,7,13,18H2,1H3,(H,25,27). The Bertz CT molecular complexity index is 841. The van der Waals surface area contributed by atoms with E-state index in [1.807, 2.05) is 34.9 Å². The first-order chi connectivity index (χ1) is 13.3. The van der Waals surface area contributed by atoms with Gasteiger partial charge in [-0.25, -0.2) is 4.98 Å². The summed E-state index contributed by atoms with van der Waals surface area (Å²) < 4.78 is 1.83. The number of fused-ring (bicyclic) bond motifs is 1. The van der Waals surface area contributed by atoms with Crippen LogP contribution in [-0.2, 0) is 0 Å².